The summed E-state index contributed by atoms with van der Waals surface area (Å²) in [7, 11) is 0. The van der Waals surface area contributed by atoms with Crippen LogP contribution in [0.25, 0.3) is 0 Å². The highest BCUT2D eigenvalue weighted by Crippen LogP contribution is 2.35. The first-order valence-corrected chi connectivity index (χ1v) is 7.09. The van der Waals surface area contributed by atoms with E-state index in [4.69, 9.17) is 5.73 Å². The van der Waals surface area contributed by atoms with Crippen LogP contribution in [0.5, 0.6) is 0 Å². The van der Waals surface area contributed by atoms with Crippen LogP contribution in [0.2, 0.25) is 0 Å². The monoisotopic (exact) mass is 224 g/mol. The predicted molar refractivity (Wildman–Crippen MR) is 69.4 cm³/mol. The summed E-state index contributed by atoms with van der Waals surface area (Å²) >= 11 is 0. The lowest BCUT2D eigenvalue weighted by Crippen LogP contribution is -2.49. The molecule has 0 bridgehead atoms. The van der Waals surface area contributed by atoms with Gasteiger partial charge in [0, 0.05) is 18.1 Å². The zero-order valence-corrected chi connectivity index (χ0v) is 11.0. The van der Waals surface area contributed by atoms with Crippen LogP contribution in [-0.2, 0) is 0 Å². The van der Waals surface area contributed by atoms with Crippen molar-refractivity contribution in [2.45, 2.75) is 70.4 Å². The minimum Gasteiger partial charge on any atom is -0.326 e. The fourth-order valence-corrected chi connectivity index (χ4v) is 3.44. The van der Waals surface area contributed by atoms with Crippen LogP contribution in [0.1, 0.15) is 58.8 Å². The van der Waals surface area contributed by atoms with Gasteiger partial charge in [0.15, 0.2) is 0 Å². The van der Waals surface area contributed by atoms with Gasteiger partial charge in [-0.1, -0.05) is 12.8 Å². The minimum absolute atomic E-state index is 0.00160. The second-order valence-electron chi connectivity index (χ2n) is 6.53. The van der Waals surface area contributed by atoms with Crippen molar-refractivity contribution < 1.29 is 0 Å². The highest BCUT2D eigenvalue weighted by atomic mass is 15.2. The molecule has 0 radical (unpaired) electrons. The van der Waals surface area contributed by atoms with Crippen molar-refractivity contribution in [3.63, 3.8) is 0 Å². The van der Waals surface area contributed by atoms with E-state index in [9.17, 15) is 0 Å². The summed E-state index contributed by atoms with van der Waals surface area (Å²) in [6, 6.07) is 0.893. The highest BCUT2D eigenvalue weighted by molar-refractivity contribution is 4.88. The summed E-state index contributed by atoms with van der Waals surface area (Å²) in [4.78, 5) is 2.74. The Morgan fingerprint density at radius 1 is 1.12 bits per heavy atom. The number of piperidine rings is 1. The number of nitrogens with zero attached hydrogens (tertiary/aromatic N) is 1. The maximum Gasteiger partial charge on any atom is 0.0123 e. The molecule has 0 aromatic heterocycles. The van der Waals surface area contributed by atoms with E-state index in [1.165, 1.54) is 51.6 Å². The van der Waals surface area contributed by atoms with Crippen molar-refractivity contribution in [3.8, 4) is 0 Å². The number of nitrogens with two attached hydrogens (primary N) is 1. The molecule has 0 spiro atoms. The normalized spacial score (nSPS) is 32.4. The third-order valence-corrected chi connectivity index (χ3v) is 4.40. The third-order valence-electron chi connectivity index (χ3n) is 4.40. The van der Waals surface area contributed by atoms with Gasteiger partial charge in [-0.15, -0.1) is 0 Å². The molecule has 94 valence electrons. The van der Waals surface area contributed by atoms with Crippen molar-refractivity contribution >= 4 is 0 Å². The van der Waals surface area contributed by atoms with Crippen LogP contribution in [0.15, 0.2) is 0 Å². The second-order valence-corrected chi connectivity index (χ2v) is 6.53. The van der Waals surface area contributed by atoms with E-state index >= 15 is 0 Å². The summed E-state index contributed by atoms with van der Waals surface area (Å²) in [5, 5.41) is 0. The average Bonchev–Trinajstić information content (AvgIpc) is 2.25. The lowest BCUT2D eigenvalue weighted by molar-refractivity contribution is 0.0560. The molecule has 16 heavy (non-hydrogen) atoms. The first kappa shape index (κ1) is 12.4. The smallest absolute Gasteiger partial charge is 0.0123 e. The van der Waals surface area contributed by atoms with Crippen molar-refractivity contribution in [1.29, 1.82) is 0 Å². The topological polar surface area (TPSA) is 29.3 Å². The van der Waals surface area contributed by atoms with E-state index < -0.39 is 0 Å². The van der Waals surface area contributed by atoms with Crippen molar-refractivity contribution in [2.75, 3.05) is 13.1 Å². The standard InChI is InChI=1S/C14H28N2/c1-14(2,15)9-11-16-10-5-7-12-6-3-4-8-13(12)16/h12-13H,3-11,15H2,1-2H3. The molecule has 1 aliphatic carbocycles. The highest BCUT2D eigenvalue weighted by Gasteiger charge is 2.33. The minimum atomic E-state index is 0.00160. The SMILES string of the molecule is CC(C)(N)CCN1CCCC2CCCCC21. The summed E-state index contributed by atoms with van der Waals surface area (Å²) in [6.07, 6.45) is 9.86. The number of fused-ring (bicyclic) bond motifs is 1. The number of rotatable bonds is 3. The molecule has 1 aliphatic heterocycles. The Labute approximate surface area is 101 Å². The van der Waals surface area contributed by atoms with Gasteiger partial charge in [-0.2, -0.15) is 0 Å². The van der Waals surface area contributed by atoms with Gasteiger partial charge in [-0.05, 0) is 58.4 Å². The third kappa shape index (κ3) is 3.21. The van der Waals surface area contributed by atoms with Crippen LogP contribution in [-0.4, -0.2) is 29.6 Å². The van der Waals surface area contributed by atoms with Crippen molar-refractivity contribution in [2.24, 2.45) is 11.7 Å². The van der Waals surface area contributed by atoms with Gasteiger partial charge in [0.05, 0.1) is 0 Å². The van der Waals surface area contributed by atoms with Crippen LogP contribution in [0, 0.1) is 5.92 Å². The zero-order chi connectivity index (χ0) is 11.6. The summed E-state index contributed by atoms with van der Waals surface area (Å²) in [6.45, 7) is 6.83. The average molecular weight is 224 g/mol. The Bertz CT molecular complexity index is 217. The van der Waals surface area contributed by atoms with Crippen LogP contribution in [0.4, 0.5) is 0 Å². The van der Waals surface area contributed by atoms with E-state index in [-0.39, 0.29) is 5.54 Å². The molecular weight excluding hydrogens is 196 g/mol. The molecule has 0 amide bonds. The first-order chi connectivity index (χ1) is 7.56. The van der Waals surface area contributed by atoms with Gasteiger partial charge < -0.3 is 10.6 Å². The van der Waals surface area contributed by atoms with Crippen LogP contribution < -0.4 is 5.73 Å². The number of hydrogen-bond donors (Lipinski definition) is 1. The van der Waals surface area contributed by atoms with Gasteiger partial charge >= 0.3 is 0 Å². The van der Waals surface area contributed by atoms with E-state index in [1.807, 2.05) is 0 Å². The van der Waals surface area contributed by atoms with E-state index in [2.05, 4.69) is 18.7 Å². The fraction of sp³-hybridized carbons (Fsp3) is 1.00. The molecule has 2 unspecified atom stereocenters. The predicted octanol–water partition coefficient (Wildman–Crippen LogP) is 2.77. The van der Waals surface area contributed by atoms with Crippen molar-refractivity contribution in [1.82, 2.24) is 4.90 Å². The van der Waals surface area contributed by atoms with Crippen LogP contribution >= 0.6 is 0 Å². The van der Waals surface area contributed by atoms with Gasteiger partial charge in [0.2, 0.25) is 0 Å². The number of likely N-dealkylation sites (tertiary alicyclic amines) is 1. The molecule has 2 rings (SSSR count). The quantitative estimate of drug-likeness (QED) is 0.798. The summed E-state index contributed by atoms with van der Waals surface area (Å²) in [5.74, 6) is 1.00. The number of hydrogen-bond acceptors (Lipinski definition) is 2. The molecule has 2 heteroatoms. The van der Waals surface area contributed by atoms with Crippen molar-refractivity contribution in [3.05, 3.63) is 0 Å². The lowest BCUT2D eigenvalue weighted by atomic mass is 9.78. The van der Waals surface area contributed by atoms with Gasteiger partial charge in [0.25, 0.3) is 0 Å². The van der Waals surface area contributed by atoms with Gasteiger partial charge in [0.1, 0.15) is 0 Å². The van der Waals surface area contributed by atoms with E-state index in [0.29, 0.717) is 0 Å². The molecule has 2 N–H and O–H groups in total. The molecule has 1 saturated carbocycles. The van der Waals surface area contributed by atoms with E-state index in [0.717, 1.165) is 18.4 Å². The Kier molecular flexibility index (Phi) is 3.91. The molecule has 1 heterocycles. The second kappa shape index (κ2) is 5.05. The first-order valence-electron chi connectivity index (χ1n) is 7.09. The Balaban J connectivity index is 1.87. The molecule has 2 atom stereocenters. The molecule has 2 fully saturated rings. The zero-order valence-electron chi connectivity index (χ0n) is 11.0. The molecule has 1 saturated heterocycles. The lowest BCUT2D eigenvalue weighted by Gasteiger charge is -2.44. The molecular formula is C14H28N2. The van der Waals surface area contributed by atoms with Gasteiger partial charge in [-0.25, -0.2) is 0 Å². The Morgan fingerprint density at radius 2 is 1.81 bits per heavy atom. The summed E-state index contributed by atoms with van der Waals surface area (Å²) < 4.78 is 0. The molecule has 2 aliphatic rings. The fourth-order valence-electron chi connectivity index (χ4n) is 3.44. The van der Waals surface area contributed by atoms with Crippen LogP contribution in [0.3, 0.4) is 0 Å². The Morgan fingerprint density at radius 3 is 2.56 bits per heavy atom. The molecule has 0 aromatic rings. The maximum atomic E-state index is 6.09. The largest absolute Gasteiger partial charge is 0.326 e. The summed E-state index contributed by atoms with van der Waals surface area (Å²) in [5.41, 5.74) is 6.10. The maximum absolute atomic E-state index is 6.09. The van der Waals surface area contributed by atoms with Gasteiger partial charge in [-0.3, -0.25) is 0 Å². The van der Waals surface area contributed by atoms with E-state index in [1.54, 1.807) is 0 Å². The Hall–Kier alpha value is -0.0800. The molecule has 2 nitrogen and oxygen atoms in total. The molecule has 0 aromatic carbocycles.